The maximum atomic E-state index is 5.61. The molecule has 0 atom stereocenters. The third kappa shape index (κ3) is 3.19. The summed E-state index contributed by atoms with van der Waals surface area (Å²) in [6, 6.07) is 2.16. The molecule has 0 unspecified atom stereocenters. The third-order valence-electron chi connectivity index (χ3n) is 3.55. The first-order chi connectivity index (χ1) is 8.20. The Hall–Kier alpha value is -0.610. The third-order valence-corrected chi connectivity index (χ3v) is 4.38. The van der Waals surface area contributed by atoms with Gasteiger partial charge in [0.15, 0.2) is 0 Å². The molecule has 17 heavy (non-hydrogen) atoms. The Morgan fingerprint density at radius 2 is 2.18 bits per heavy atom. The lowest BCUT2D eigenvalue weighted by atomic mass is 9.93. The molecule has 1 aliphatic rings. The van der Waals surface area contributed by atoms with Crippen LogP contribution in [0.4, 0.5) is 5.82 Å². The van der Waals surface area contributed by atoms with E-state index in [9.17, 15) is 0 Å². The van der Waals surface area contributed by atoms with Crippen molar-refractivity contribution in [2.75, 3.05) is 24.5 Å². The molecule has 0 bridgehead atoms. The number of hydrogen-bond acceptors (Lipinski definition) is 3. The Balaban J connectivity index is 1.98. The molecule has 0 aliphatic carbocycles. The fourth-order valence-corrected chi connectivity index (χ4v) is 2.60. The van der Waals surface area contributed by atoms with Crippen molar-refractivity contribution in [3.63, 3.8) is 0 Å². The lowest BCUT2D eigenvalue weighted by Gasteiger charge is -2.32. The van der Waals surface area contributed by atoms with Crippen LogP contribution in [0.2, 0.25) is 0 Å². The molecule has 2 N–H and O–H groups in total. The summed E-state index contributed by atoms with van der Waals surface area (Å²) in [5.74, 6) is 1.92. The van der Waals surface area contributed by atoms with Gasteiger partial charge in [0.05, 0.1) is 0 Å². The molecule has 1 fully saturated rings. The summed E-state index contributed by atoms with van der Waals surface area (Å²) in [5, 5.41) is 0. The number of aromatic nitrogens is 1. The van der Waals surface area contributed by atoms with Crippen molar-refractivity contribution in [3.8, 4) is 0 Å². The first kappa shape index (κ1) is 12.8. The molecule has 0 radical (unpaired) electrons. The standard InChI is InChI=1S/C13H20BrN3/c1-10-8-13(16-9-12(10)14)17-6-3-11(2-5-15)4-7-17/h8-9,11H,2-7,15H2,1H3. The number of anilines is 1. The van der Waals surface area contributed by atoms with Gasteiger partial charge in [0.2, 0.25) is 0 Å². The highest BCUT2D eigenvalue weighted by atomic mass is 79.9. The van der Waals surface area contributed by atoms with Crippen LogP contribution in [0.5, 0.6) is 0 Å². The zero-order valence-corrected chi connectivity index (χ0v) is 11.9. The summed E-state index contributed by atoms with van der Waals surface area (Å²) in [6.45, 7) is 5.15. The van der Waals surface area contributed by atoms with Crippen LogP contribution in [0, 0.1) is 12.8 Å². The monoisotopic (exact) mass is 297 g/mol. The summed E-state index contributed by atoms with van der Waals surface area (Å²) < 4.78 is 1.08. The second kappa shape index (κ2) is 5.83. The van der Waals surface area contributed by atoms with Crippen LogP contribution in [0.3, 0.4) is 0 Å². The number of aryl methyl sites for hydroxylation is 1. The molecule has 2 heterocycles. The van der Waals surface area contributed by atoms with E-state index in [0.29, 0.717) is 0 Å². The molecule has 0 amide bonds. The molecule has 0 saturated carbocycles. The molecule has 1 aromatic heterocycles. The van der Waals surface area contributed by atoms with Gasteiger partial charge in [-0.2, -0.15) is 0 Å². The Morgan fingerprint density at radius 1 is 1.47 bits per heavy atom. The van der Waals surface area contributed by atoms with Gasteiger partial charge in [-0.05, 0) is 66.2 Å². The lowest BCUT2D eigenvalue weighted by Crippen LogP contribution is -2.34. The first-order valence-corrected chi connectivity index (χ1v) is 7.07. The lowest BCUT2D eigenvalue weighted by molar-refractivity contribution is 0.385. The van der Waals surface area contributed by atoms with E-state index in [1.54, 1.807) is 0 Å². The molecular weight excluding hydrogens is 278 g/mol. The normalized spacial score (nSPS) is 17.5. The second-order valence-electron chi connectivity index (χ2n) is 4.80. The molecule has 0 spiro atoms. The van der Waals surface area contributed by atoms with Gasteiger partial charge in [-0.25, -0.2) is 4.98 Å². The van der Waals surface area contributed by atoms with E-state index in [-0.39, 0.29) is 0 Å². The van der Waals surface area contributed by atoms with Crippen molar-refractivity contribution in [2.24, 2.45) is 11.7 Å². The number of nitrogens with zero attached hydrogens (tertiary/aromatic N) is 2. The predicted octanol–water partition coefficient (Wildman–Crippen LogP) is 2.72. The topological polar surface area (TPSA) is 42.1 Å². The van der Waals surface area contributed by atoms with Gasteiger partial charge in [-0.1, -0.05) is 0 Å². The Bertz CT molecular complexity index is 373. The van der Waals surface area contributed by atoms with Crippen LogP contribution in [0.15, 0.2) is 16.7 Å². The van der Waals surface area contributed by atoms with Gasteiger partial charge in [0.25, 0.3) is 0 Å². The van der Waals surface area contributed by atoms with Crippen LogP contribution in [0.25, 0.3) is 0 Å². The zero-order valence-electron chi connectivity index (χ0n) is 10.3. The van der Waals surface area contributed by atoms with Crippen molar-refractivity contribution in [2.45, 2.75) is 26.2 Å². The minimum Gasteiger partial charge on any atom is -0.357 e. The van der Waals surface area contributed by atoms with Gasteiger partial charge in [-0.3, -0.25) is 0 Å². The molecule has 94 valence electrons. The van der Waals surface area contributed by atoms with E-state index in [0.717, 1.165) is 35.8 Å². The summed E-state index contributed by atoms with van der Waals surface area (Å²) in [6.07, 6.45) is 5.55. The summed E-state index contributed by atoms with van der Waals surface area (Å²) in [4.78, 5) is 6.87. The van der Waals surface area contributed by atoms with Gasteiger partial charge in [0.1, 0.15) is 5.82 Å². The average Bonchev–Trinajstić information content (AvgIpc) is 2.34. The maximum Gasteiger partial charge on any atom is 0.128 e. The smallest absolute Gasteiger partial charge is 0.128 e. The summed E-state index contributed by atoms with van der Waals surface area (Å²) in [5.41, 5.74) is 6.86. The molecule has 1 aromatic rings. The highest BCUT2D eigenvalue weighted by Crippen LogP contribution is 2.25. The Morgan fingerprint density at radius 3 is 2.76 bits per heavy atom. The fourth-order valence-electron chi connectivity index (χ4n) is 2.38. The second-order valence-corrected chi connectivity index (χ2v) is 5.65. The highest BCUT2D eigenvalue weighted by Gasteiger charge is 2.19. The van der Waals surface area contributed by atoms with Crippen LogP contribution in [-0.4, -0.2) is 24.6 Å². The molecule has 2 rings (SSSR count). The van der Waals surface area contributed by atoms with Crippen molar-refractivity contribution in [3.05, 3.63) is 22.3 Å². The van der Waals surface area contributed by atoms with E-state index in [2.05, 4.69) is 38.8 Å². The molecule has 0 aromatic carbocycles. The van der Waals surface area contributed by atoms with E-state index in [1.807, 2.05) is 6.20 Å². The van der Waals surface area contributed by atoms with Crippen LogP contribution in [-0.2, 0) is 0 Å². The predicted molar refractivity (Wildman–Crippen MR) is 75.3 cm³/mol. The number of pyridine rings is 1. The summed E-state index contributed by atoms with van der Waals surface area (Å²) >= 11 is 3.49. The van der Waals surface area contributed by atoms with Gasteiger partial charge in [0, 0.05) is 23.8 Å². The van der Waals surface area contributed by atoms with Gasteiger partial charge < -0.3 is 10.6 Å². The molecule has 1 aliphatic heterocycles. The first-order valence-electron chi connectivity index (χ1n) is 6.28. The minimum absolute atomic E-state index is 0.813. The van der Waals surface area contributed by atoms with Crippen molar-refractivity contribution >= 4 is 21.7 Å². The molecule has 1 saturated heterocycles. The van der Waals surface area contributed by atoms with Crippen molar-refractivity contribution in [1.82, 2.24) is 4.98 Å². The minimum atomic E-state index is 0.813. The van der Waals surface area contributed by atoms with E-state index < -0.39 is 0 Å². The quantitative estimate of drug-likeness (QED) is 0.933. The van der Waals surface area contributed by atoms with E-state index in [1.165, 1.54) is 24.8 Å². The van der Waals surface area contributed by atoms with E-state index in [4.69, 9.17) is 5.73 Å². The number of piperidine rings is 1. The van der Waals surface area contributed by atoms with Gasteiger partial charge in [-0.15, -0.1) is 0 Å². The van der Waals surface area contributed by atoms with E-state index >= 15 is 0 Å². The average molecular weight is 298 g/mol. The fraction of sp³-hybridized carbons (Fsp3) is 0.615. The van der Waals surface area contributed by atoms with Gasteiger partial charge >= 0.3 is 0 Å². The van der Waals surface area contributed by atoms with Crippen molar-refractivity contribution < 1.29 is 0 Å². The number of nitrogens with two attached hydrogens (primary N) is 1. The highest BCUT2D eigenvalue weighted by molar-refractivity contribution is 9.10. The molecular formula is C13H20BrN3. The van der Waals surface area contributed by atoms with Crippen LogP contribution >= 0.6 is 15.9 Å². The largest absolute Gasteiger partial charge is 0.357 e. The number of hydrogen-bond donors (Lipinski definition) is 1. The molecule has 3 nitrogen and oxygen atoms in total. The maximum absolute atomic E-state index is 5.61. The number of rotatable bonds is 3. The van der Waals surface area contributed by atoms with Crippen LogP contribution in [0.1, 0.15) is 24.8 Å². The molecule has 4 heteroatoms. The van der Waals surface area contributed by atoms with Crippen LogP contribution < -0.4 is 10.6 Å². The number of halogens is 1. The Kier molecular flexibility index (Phi) is 4.40. The Labute approximate surface area is 112 Å². The van der Waals surface area contributed by atoms with Crippen molar-refractivity contribution in [1.29, 1.82) is 0 Å². The zero-order chi connectivity index (χ0) is 12.3. The SMILES string of the molecule is Cc1cc(N2CCC(CCN)CC2)ncc1Br. The summed E-state index contributed by atoms with van der Waals surface area (Å²) in [7, 11) is 0.